The maximum absolute atomic E-state index is 11.9. The van der Waals surface area contributed by atoms with Crippen molar-refractivity contribution in [3.05, 3.63) is 0 Å². The van der Waals surface area contributed by atoms with Crippen molar-refractivity contribution in [2.45, 2.75) is 33.6 Å². The summed E-state index contributed by atoms with van der Waals surface area (Å²) < 4.78 is 0. The van der Waals surface area contributed by atoms with Gasteiger partial charge < -0.3 is 15.1 Å². The quantitative estimate of drug-likeness (QED) is 0.724. The summed E-state index contributed by atoms with van der Waals surface area (Å²) in [5.41, 5.74) is -0.228. The van der Waals surface area contributed by atoms with Crippen molar-refractivity contribution in [2.75, 3.05) is 46.3 Å². The number of piperazine rings is 1. The molecule has 0 unspecified atom stereocenters. The van der Waals surface area contributed by atoms with Crippen molar-refractivity contribution < 1.29 is 4.79 Å². The summed E-state index contributed by atoms with van der Waals surface area (Å²) in [6.45, 7) is 12.6. The average Bonchev–Trinajstić information content (AvgIpc) is 2.36. The van der Waals surface area contributed by atoms with Crippen LogP contribution < -0.4 is 5.32 Å². The Morgan fingerprint density at radius 3 is 2.39 bits per heavy atom. The van der Waals surface area contributed by atoms with Gasteiger partial charge in [-0.05, 0) is 26.4 Å². The highest BCUT2D eigenvalue weighted by Gasteiger charge is 2.24. The second-order valence-electron chi connectivity index (χ2n) is 5.99. The second-order valence-corrected chi connectivity index (χ2v) is 5.99. The largest absolute Gasteiger partial charge is 0.356 e. The molecule has 0 aromatic carbocycles. The molecule has 4 nitrogen and oxygen atoms in total. The number of nitrogens with zero attached hydrogens (tertiary/aromatic N) is 2. The Morgan fingerprint density at radius 2 is 1.83 bits per heavy atom. The standard InChI is InChI=1S/C14H29N3O/c1-5-14(2,3)13(18)15-7-6-8-17-11-9-16(4)10-12-17/h5-12H2,1-4H3,(H,15,18). The van der Waals surface area contributed by atoms with Crippen LogP contribution in [0.15, 0.2) is 0 Å². The number of amides is 1. The van der Waals surface area contributed by atoms with E-state index in [2.05, 4.69) is 29.1 Å². The molecule has 1 aliphatic heterocycles. The lowest BCUT2D eigenvalue weighted by atomic mass is 9.89. The Hall–Kier alpha value is -0.610. The zero-order valence-corrected chi connectivity index (χ0v) is 12.5. The van der Waals surface area contributed by atoms with Crippen LogP contribution in [-0.2, 0) is 4.79 Å². The summed E-state index contributed by atoms with van der Waals surface area (Å²) in [4.78, 5) is 16.7. The zero-order valence-electron chi connectivity index (χ0n) is 12.5. The number of likely N-dealkylation sites (N-methyl/N-ethyl adjacent to an activating group) is 1. The molecule has 4 heteroatoms. The summed E-state index contributed by atoms with van der Waals surface area (Å²) in [6.07, 6.45) is 1.94. The molecule has 1 saturated heterocycles. The van der Waals surface area contributed by atoms with E-state index < -0.39 is 0 Å². The number of carbonyl (C=O) groups is 1. The number of hydrogen-bond acceptors (Lipinski definition) is 3. The van der Waals surface area contributed by atoms with Crippen LogP contribution >= 0.6 is 0 Å². The summed E-state index contributed by atoms with van der Waals surface area (Å²) in [5, 5.41) is 3.05. The van der Waals surface area contributed by atoms with E-state index in [0.717, 1.165) is 52.1 Å². The predicted molar refractivity (Wildman–Crippen MR) is 75.6 cm³/mol. The Balaban J connectivity index is 2.10. The predicted octanol–water partition coefficient (Wildman–Crippen LogP) is 1.18. The molecule has 0 aromatic rings. The lowest BCUT2D eigenvalue weighted by Gasteiger charge is -2.32. The monoisotopic (exact) mass is 255 g/mol. The molecule has 0 aromatic heterocycles. The molecule has 1 heterocycles. The van der Waals surface area contributed by atoms with Crippen molar-refractivity contribution in [1.29, 1.82) is 0 Å². The number of rotatable bonds is 6. The van der Waals surface area contributed by atoms with Crippen LogP contribution in [0.25, 0.3) is 0 Å². The van der Waals surface area contributed by atoms with Gasteiger partial charge in [0.2, 0.25) is 5.91 Å². The maximum Gasteiger partial charge on any atom is 0.225 e. The molecule has 1 fully saturated rings. The first kappa shape index (κ1) is 15.4. The first-order chi connectivity index (χ1) is 8.45. The minimum absolute atomic E-state index is 0.184. The van der Waals surface area contributed by atoms with Gasteiger partial charge in [-0.15, -0.1) is 0 Å². The lowest BCUT2D eigenvalue weighted by Crippen LogP contribution is -2.45. The molecule has 0 radical (unpaired) electrons. The van der Waals surface area contributed by atoms with Crippen LogP contribution in [0.5, 0.6) is 0 Å². The maximum atomic E-state index is 11.9. The molecule has 1 rings (SSSR count). The molecular formula is C14H29N3O. The highest BCUT2D eigenvalue weighted by molar-refractivity contribution is 5.81. The van der Waals surface area contributed by atoms with E-state index in [0.29, 0.717) is 0 Å². The van der Waals surface area contributed by atoms with E-state index in [4.69, 9.17) is 0 Å². The van der Waals surface area contributed by atoms with E-state index in [1.165, 1.54) is 0 Å². The molecule has 0 atom stereocenters. The minimum Gasteiger partial charge on any atom is -0.356 e. The van der Waals surface area contributed by atoms with Gasteiger partial charge in [0, 0.05) is 38.1 Å². The van der Waals surface area contributed by atoms with Gasteiger partial charge in [-0.1, -0.05) is 20.8 Å². The third-order valence-corrected chi connectivity index (χ3v) is 4.03. The van der Waals surface area contributed by atoms with Crippen molar-refractivity contribution in [3.8, 4) is 0 Å². The molecule has 1 N–H and O–H groups in total. The fraction of sp³-hybridized carbons (Fsp3) is 0.929. The van der Waals surface area contributed by atoms with Gasteiger partial charge in [-0.2, -0.15) is 0 Å². The van der Waals surface area contributed by atoms with E-state index in [9.17, 15) is 4.79 Å². The van der Waals surface area contributed by atoms with Crippen molar-refractivity contribution in [2.24, 2.45) is 5.41 Å². The normalized spacial score (nSPS) is 18.9. The van der Waals surface area contributed by atoms with Crippen molar-refractivity contribution in [3.63, 3.8) is 0 Å². The Labute approximate surface area is 112 Å². The first-order valence-corrected chi connectivity index (χ1v) is 7.15. The van der Waals surface area contributed by atoms with Crippen LogP contribution in [0.4, 0.5) is 0 Å². The van der Waals surface area contributed by atoms with E-state index in [1.807, 2.05) is 13.8 Å². The Kier molecular flexibility index (Phi) is 6.09. The molecule has 0 spiro atoms. The number of nitrogens with one attached hydrogen (secondary N) is 1. The van der Waals surface area contributed by atoms with Crippen LogP contribution in [0.2, 0.25) is 0 Å². The summed E-state index contributed by atoms with van der Waals surface area (Å²) in [5.74, 6) is 0.184. The molecule has 1 amide bonds. The topological polar surface area (TPSA) is 35.6 Å². The van der Waals surface area contributed by atoms with Gasteiger partial charge in [-0.3, -0.25) is 4.79 Å². The van der Waals surface area contributed by atoms with E-state index in [-0.39, 0.29) is 11.3 Å². The molecule has 0 bridgehead atoms. The van der Waals surface area contributed by atoms with Gasteiger partial charge in [-0.25, -0.2) is 0 Å². The van der Waals surface area contributed by atoms with Gasteiger partial charge in [0.05, 0.1) is 0 Å². The van der Waals surface area contributed by atoms with Crippen LogP contribution in [0, 0.1) is 5.41 Å². The third-order valence-electron chi connectivity index (χ3n) is 4.03. The third kappa shape index (κ3) is 4.94. The van der Waals surface area contributed by atoms with Crippen LogP contribution in [-0.4, -0.2) is 62.0 Å². The smallest absolute Gasteiger partial charge is 0.225 e. The van der Waals surface area contributed by atoms with Gasteiger partial charge in [0.15, 0.2) is 0 Å². The highest BCUT2D eigenvalue weighted by Crippen LogP contribution is 2.19. The fourth-order valence-electron chi connectivity index (χ4n) is 1.98. The van der Waals surface area contributed by atoms with Gasteiger partial charge in [0.1, 0.15) is 0 Å². The molecule has 18 heavy (non-hydrogen) atoms. The van der Waals surface area contributed by atoms with Gasteiger partial charge >= 0.3 is 0 Å². The number of carbonyl (C=O) groups excluding carboxylic acids is 1. The number of hydrogen-bond donors (Lipinski definition) is 1. The van der Waals surface area contributed by atoms with Crippen LogP contribution in [0.1, 0.15) is 33.6 Å². The molecule has 0 saturated carbocycles. The van der Waals surface area contributed by atoms with Crippen molar-refractivity contribution in [1.82, 2.24) is 15.1 Å². The van der Waals surface area contributed by atoms with Crippen LogP contribution in [0.3, 0.4) is 0 Å². The van der Waals surface area contributed by atoms with Crippen molar-refractivity contribution >= 4 is 5.91 Å². The summed E-state index contributed by atoms with van der Waals surface area (Å²) in [6, 6.07) is 0. The molecular weight excluding hydrogens is 226 g/mol. The Morgan fingerprint density at radius 1 is 1.22 bits per heavy atom. The van der Waals surface area contributed by atoms with E-state index in [1.54, 1.807) is 0 Å². The lowest BCUT2D eigenvalue weighted by molar-refractivity contribution is -0.129. The summed E-state index contributed by atoms with van der Waals surface area (Å²) >= 11 is 0. The SMILES string of the molecule is CCC(C)(C)C(=O)NCCCN1CCN(C)CC1. The highest BCUT2D eigenvalue weighted by atomic mass is 16.2. The molecule has 106 valence electrons. The Bertz CT molecular complexity index is 258. The summed E-state index contributed by atoms with van der Waals surface area (Å²) in [7, 11) is 2.17. The van der Waals surface area contributed by atoms with E-state index >= 15 is 0 Å². The van der Waals surface area contributed by atoms with Gasteiger partial charge in [0.25, 0.3) is 0 Å². The average molecular weight is 255 g/mol. The first-order valence-electron chi connectivity index (χ1n) is 7.15. The minimum atomic E-state index is -0.228. The second kappa shape index (κ2) is 7.10. The molecule has 0 aliphatic carbocycles. The fourth-order valence-corrected chi connectivity index (χ4v) is 1.98. The molecule has 1 aliphatic rings. The zero-order chi connectivity index (χ0) is 13.6.